The maximum absolute atomic E-state index is 10.6. The van der Waals surface area contributed by atoms with Crippen LogP contribution in [0.4, 0.5) is 5.69 Å². The van der Waals surface area contributed by atoms with E-state index >= 15 is 0 Å². The van der Waals surface area contributed by atoms with Crippen molar-refractivity contribution in [3.63, 3.8) is 0 Å². The minimum atomic E-state index is 0.0542. The second-order valence-electron chi connectivity index (χ2n) is 5.42. The summed E-state index contributed by atoms with van der Waals surface area (Å²) in [5.74, 6) is 0.0542. The third kappa shape index (κ3) is 3.80. The molecule has 0 unspecified atom stereocenters. The Hall–Kier alpha value is -2.10. The van der Waals surface area contributed by atoms with Crippen LogP contribution in [0.5, 0.6) is 5.75 Å². The number of phenolic OH excluding ortho intramolecular Hbond substituents is 1. The Labute approximate surface area is 175 Å². The predicted octanol–water partition coefficient (Wildman–Crippen LogP) is 6.59. The van der Waals surface area contributed by atoms with Crippen LogP contribution in [0.25, 0.3) is 21.9 Å². The smallest absolute Gasteiger partial charge is 0.183 e. The van der Waals surface area contributed by atoms with E-state index in [4.69, 9.17) is 40.1 Å². The zero-order valence-corrected chi connectivity index (χ0v) is 17.0. The van der Waals surface area contributed by atoms with Crippen LogP contribution in [0.3, 0.4) is 0 Å². The molecule has 136 valence electrons. The summed E-state index contributed by atoms with van der Waals surface area (Å²) in [6.07, 6.45) is 3.60. The highest BCUT2D eigenvalue weighted by molar-refractivity contribution is 8.13. The van der Waals surface area contributed by atoms with Crippen LogP contribution in [0.15, 0.2) is 47.5 Å². The largest absolute Gasteiger partial charge is 0.507 e. The van der Waals surface area contributed by atoms with E-state index in [1.54, 1.807) is 18.4 Å². The Morgan fingerprint density at radius 2 is 1.89 bits per heavy atom. The van der Waals surface area contributed by atoms with Gasteiger partial charge >= 0.3 is 0 Å². The first kappa shape index (κ1) is 19.7. The molecule has 2 N–H and O–H groups in total. The van der Waals surface area contributed by atoms with Gasteiger partial charge in [-0.2, -0.15) is 5.26 Å². The molecular formula is C19H12Cl3N3OS. The van der Waals surface area contributed by atoms with Gasteiger partial charge < -0.3 is 5.11 Å². The van der Waals surface area contributed by atoms with Gasteiger partial charge in [0, 0.05) is 11.1 Å². The van der Waals surface area contributed by atoms with Crippen LogP contribution in [-0.2, 0) is 0 Å². The lowest BCUT2D eigenvalue weighted by Gasteiger charge is -2.15. The lowest BCUT2D eigenvalue weighted by molar-refractivity contribution is 0.478. The number of benzene rings is 3. The Morgan fingerprint density at radius 1 is 1.15 bits per heavy atom. The van der Waals surface area contributed by atoms with Crippen molar-refractivity contribution in [3.05, 3.63) is 57.5 Å². The molecule has 0 radical (unpaired) electrons. The summed E-state index contributed by atoms with van der Waals surface area (Å²) in [7, 11) is 0. The molecule has 3 rings (SSSR count). The maximum atomic E-state index is 10.6. The van der Waals surface area contributed by atoms with Gasteiger partial charge in [0.05, 0.1) is 20.8 Å². The van der Waals surface area contributed by atoms with Crippen molar-refractivity contribution >= 4 is 68.2 Å². The molecule has 3 aromatic carbocycles. The van der Waals surface area contributed by atoms with E-state index in [0.29, 0.717) is 22.0 Å². The molecule has 0 aliphatic rings. The zero-order chi connectivity index (χ0) is 19.6. The van der Waals surface area contributed by atoms with Crippen molar-refractivity contribution < 1.29 is 5.11 Å². The Bertz CT molecular complexity index is 1110. The fourth-order valence-electron chi connectivity index (χ4n) is 2.70. The van der Waals surface area contributed by atoms with Gasteiger partial charge in [-0.1, -0.05) is 76.9 Å². The first-order valence-corrected chi connectivity index (χ1v) is 10.00. The van der Waals surface area contributed by atoms with Crippen LogP contribution >= 0.6 is 46.6 Å². The van der Waals surface area contributed by atoms with Crippen molar-refractivity contribution in [3.8, 4) is 23.1 Å². The maximum Gasteiger partial charge on any atom is 0.183 e. The Kier molecular flexibility index (Phi) is 6.03. The molecule has 8 heteroatoms. The number of aliphatic imine (C=N–C) groups is 1. The molecule has 0 aliphatic carbocycles. The summed E-state index contributed by atoms with van der Waals surface area (Å²) >= 11 is 20.1. The van der Waals surface area contributed by atoms with E-state index in [0.717, 1.165) is 10.8 Å². The molecule has 0 aliphatic heterocycles. The van der Waals surface area contributed by atoms with Crippen LogP contribution in [0.1, 0.15) is 0 Å². The number of hydrogen-bond donors (Lipinski definition) is 2. The van der Waals surface area contributed by atoms with Gasteiger partial charge in [-0.25, -0.2) is 4.99 Å². The molecule has 0 fully saturated rings. The van der Waals surface area contributed by atoms with E-state index in [9.17, 15) is 5.11 Å². The molecule has 3 aromatic rings. The monoisotopic (exact) mass is 435 g/mol. The van der Waals surface area contributed by atoms with E-state index in [1.165, 1.54) is 11.8 Å². The van der Waals surface area contributed by atoms with Gasteiger partial charge in [-0.05, 0) is 29.2 Å². The van der Waals surface area contributed by atoms with E-state index in [-0.39, 0.29) is 20.8 Å². The second kappa shape index (κ2) is 8.28. The third-order valence-electron chi connectivity index (χ3n) is 3.88. The van der Waals surface area contributed by atoms with Gasteiger partial charge in [0.2, 0.25) is 0 Å². The number of fused-ring (bicyclic) bond motifs is 1. The number of thioether (sulfide) groups is 1. The summed E-state index contributed by atoms with van der Waals surface area (Å²) < 4.78 is 0. The number of rotatable bonds is 2. The molecule has 0 saturated heterocycles. The number of aromatic hydroxyl groups is 1. The second-order valence-corrected chi connectivity index (χ2v) is 7.38. The van der Waals surface area contributed by atoms with E-state index in [2.05, 4.69) is 10.3 Å². The molecule has 0 atom stereocenters. The number of halogens is 3. The molecule has 0 saturated carbocycles. The number of nitrogens with one attached hydrogen (secondary N) is 1. The van der Waals surface area contributed by atoms with Gasteiger partial charge in [-0.15, -0.1) is 0 Å². The minimum Gasteiger partial charge on any atom is -0.507 e. The third-order valence-corrected chi connectivity index (χ3v) is 5.71. The van der Waals surface area contributed by atoms with Crippen LogP contribution in [0, 0.1) is 11.5 Å². The lowest BCUT2D eigenvalue weighted by atomic mass is 9.96. The van der Waals surface area contributed by atoms with Gasteiger partial charge in [0.15, 0.2) is 11.4 Å². The highest BCUT2D eigenvalue weighted by Crippen LogP contribution is 2.48. The zero-order valence-electron chi connectivity index (χ0n) is 13.9. The summed E-state index contributed by atoms with van der Waals surface area (Å²) in [5.41, 5.74) is 1.35. The highest BCUT2D eigenvalue weighted by Gasteiger charge is 2.20. The SMILES string of the molecule is CSC(=Nc1c(-c2c(O)ccc3ccccc23)cc(Cl)c(Cl)c1Cl)NC#N. The quantitative estimate of drug-likeness (QED) is 0.156. The summed E-state index contributed by atoms with van der Waals surface area (Å²) in [4.78, 5) is 4.45. The first-order valence-electron chi connectivity index (χ1n) is 7.64. The fraction of sp³-hybridized carbons (Fsp3) is 0.0526. The predicted molar refractivity (Wildman–Crippen MR) is 115 cm³/mol. The number of nitrogens with zero attached hydrogens (tertiary/aromatic N) is 2. The minimum absolute atomic E-state index is 0.0542. The highest BCUT2D eigenvalue weighted by atomic mass is 35.5. The number of phenols is 1. The van der Waals surface area contributed by atoms with Crippen LogP contribution in [-0.4, -0.2) is 16.5 Å². The van der Waals surface area contributed by atoms with Gasteiger partial charge in [0.1, 0.15) is 5.75 Å². The average Bonchev–Trinajstić information content (AvgIpc) is 2.67. The van der Waals surface area contributed by atoms with Crippen molar-refractivity contribution in [2.75, 3.05) is 6.26 Å². The van der Waals surface area contributed by atoms with E-state index < -0.39 is 0 Å². The number of nitriles is 1. The summed E-state index contributed by atoms with van der Waals surface area (Å²) in [6, 6.07) is 12.6. The van der Waals surface area contributed by atoms with Crippen molar-refractivity contribution in [1.82, 2.24) is 5.32 Å². The number of amidine groups is 1. The van der Waals surface area contributed by atoms with Crippen molar-refractivity contribution in [2.24, 2.45) is 4.99 Å². The molecule has 27 heavy (non-hydrogen) atoms. The fourth-order valence-corrected chi connectivity index (χ4v) is 3.67. The molecule has 0 aromatic heterocycles. The summed E-state index contributed by atoms with van der Waals surface area (Å²) in [5, 5.41) is 24.6. The normalized spacial score (nSPS) is 11.4. The molecule has 4 nitrogen and oxygen atoms in total. The van der Waals surface area contributed by atoms with Gasteiger partial charge in [0.25, 0.3) is 0 Å². The van der Waals surface area contributed by atoms with Gasteiger partial charge in [-0.3, -0.25) is 5.32 Å². The Balaban J connectivity index is 2.41. The average molecular weight is 437 g/mol. The molecular weight excluding hydrogens is 425 g/mol. The lowest BCUT2D eigenvalue weighted by Crippen LogP contribution is -2.12. The van der Waals surface area contributed by atoms with Crippen LogP contribution in [0.2, 0.25) is 15.1 Å². The van der Waals surface area contributed by atoms with Crippen molar-refractivity contribution in [1.29, 1.82) is 5.26 Å². The Morgan fingerprint density at radius 3 is 2.59 bits per heavy atom. The molecule has 0 heterocycles. The molecule has 0 bridgehead atoms. The first-order chi connectivity index (χ1) is 13.0. The molecule has 0 amide bonds. The standard InChI is InChI=1S/C19H12Cl3N3OS/c1-27-19(24-9-23)25-18-12(8-13(20)16(21)17(18)22)15-11-5-3-2-4-10(11)6-7-14(15)26/h2-8,26H,1H3,(H,24,25). The van der Waals surface area contributed by atoms with Crippen molar-refractivity contribution in [2.45, 2.75) is 0 Å². The summed E-state index contributed by atoms with van der Waals surface area (Å²) in [6.45, 7) is 0. The topological polar surface area (TPSA) is 68.4 Å². The van der Waals surface area contributed by atoms with Crippen LogP contribution < -0.4 is 5.32 Å². The molecule has 0 spiro atoms. The van der Waals surface area contributed by atoms with E-state index in [1.807, 2.05) is 36.5 Å². The number of hydrogen-bond acceptors (Lipinski definition) is 4.